The van der Waals surface area contributed by atoms with Gasteiger partial charge in [-0.2, -0.15) is 0 Å². The molecule has 0 saturated carbocycles. The van der Waals surface area contributed by atoms with E-state index >= 15 is 0 Å². The van der Waals surface area contributed by atoms with E-state index in [-0.39, 0.29) is 11.3 Å². The van der Waals surface area contributed by atoms with E-state index in [4.69, 9.17) is 0 Å². The molecule has 4 nitrogen and oxygen atoms in total. The lowest BCUT2D eigenvalue weighted by atomic mass is 9.95. The molecular weight excluding hydrogens is 350 g/mol. The van der Waals surface area contributed by atoms with Gasteiger partial charge in [0.2, 0.25) is 0 Å². The van der Waals surface area contributed by atoms with E-state index in [9.17, 15) is 14.7 Å². The highest BCUT2D eigenvalue weighted by atomic mass is 16.3. The summed E-state index contributed by atoms with van der Waals surface area (Å²) in [5.74, 6) is -1.49. The van der Waals surface area contributed by atoms with Gasteiger partial charge in [0.15, 0.2) is 0 Å². The minimum Gasteiger partial charge on any atom is -0.507 e. The zero-order valence-electron chi connectivity index (χ0n) is 15.4. The second kappa shape index (κ2) is 7.16. The standard InChI is InChI=1S/C24H19NO3/c1-16-9-8-14-19(15-16)25-21(17-10-4-2-5-11-17)20(23(27)24(25)28)22(26)18-12-6-3-7-13-18/h2-15,21,26H,1H3/b22-20+. The zero-order valence-corrected chi connectivity index (χ0v) is 15.4. The fourth-order valence-corrected chi connectivity index (χ4v) is 3.58. The Morgan fingerprint density at radius 2 is 1.50 bits per heavy atom. The van der Waals surface area contributed by atoms with Crippen molar-refractivity contribution in [2.75, 3.05) is 4.90 Å². The highest BCUT2D eigenvalue weighted by Crippen LogP contribution is 2.42. The van der Waals surface area contributed by atoms with E-state index in [0.717, 1.165) is 11.1 Å². The van der Waals surface area contributed by atoms with Crippen molar-refractivity contribution in [2.45, 2.75) is 13.0 Å². The molecule has 3 aromatic carbocycles. The van der Waals surface area contributed by atoms with Gasteiger partial charge in [0.1, 0.15) is 5.76 Å². The molecular formula is C24H19NO3. The van der Waals surface area contributed by atoms with Crippen molar-refractivity contribution in [3.63, 3.8) is 0 Å². The fourth-order valence-electron chi connectivity index (χ4n) is 3.58. The van der Waals surface area contributed by atoms with Crippen LogP contribution in [0.2, 0.25) is 0 Å². The topological polar surface area (TPSA) is 57.6 Å². The molecule has 1 amide bonds. The Hall–Kier alpha value is -3.66. The predicted molar refractivity (Wildman–Crippen MR) is 109 cm³/mol. The summed E-state index contributed by atoms with van der Waals surface area (Å²) in [6.07, 6.45) is 0. The van der Waals surface area contributed by atoms with Gasteiger partial charge in [0, 0.05) is 11.3 Å². The van der Waals surface area contributed by atoms with Crippen molar-refractivity contribution in [3.8, 4) is 0 Å². The second-order valence-corrected chi connectivity index (χ2v) is 6.78. The third-order valence-electron chi connectivity index (χ3n) is 4.89. The molecule has 0 bridgehead atoms. The van der Waals surface area contributed by atoms with E-state index in [1.54, 1.807) is 30.3 Å². The quantitative estimate of drug-likeness (QED) is 0.416. The van der Waals surface area contributed by atoms with E-state index < -0.39 is 17.7 Å². The molecule has 4 rings (SSSR count). The zero-order chi connectivity index (χ0) is 19.7. The van der Waals surface area contributed by atoms with E-state index in [1.165, 1.54) is 4.90 Å². The first-order valence-corrected chi connectivity index (χ1v) is 9.06. The first-order valence-electron chi connectivity index (χ1n) is 9.06. The number of Topliss-reactive ketones (excluding diaryl/α,β-unsaturated/α-hetero) is 1. The lowest BCUT2D eigenvalue weighted by Crippen LogP contribution is -2.29. The Balaban J connectivity index is 1.95. The first-order chi connectivity index (χ1) is 13.6. The summed E-state index contributed by atoms with van der Waals surface area (Å²) in [6.45, 7) is 1.93. The van der Waals surface area contributed by atoms with Crippen LogP contribution in [0.4, 0.5) is 5.69 Å². The smallest absolute Gasteiger partial charge is 0.300 e. The maximum absolute atomic E-state index is 13.0. The molecule has 0 aliphatic carbocycles. The summed E-state index contributed by atoms with van der Waals surface area (Å²) in [6, 6.07) is 24.9. The van der Waals surface area contributed by atoms with Gasteiger partial charge in [-0.1, -0.05) is 72.8 Å². The van der Waals surface area contributed by atoms with Gasteiger partial charge in [0.25, 0.3) is 11.7 Å². The fraction of sp³-hybridized carbons (Fsp3) is 0.0833. The molecule has 1 aliphatic heterocycles. The molecule has 1 atom stereocenters. The van der Waals surface area contributed by atoms with Crippen LogP contribution in [0.3, 0.4) is 0 Å². The molecule has 28 heavy (non-hydrogen) atoms. The Labute approximate surface area is 163 Å². The molecule has 1 unspecified atom stereocenters. The maximum Gasteiger partial charge on any atom is 0.300 e. The summed E-state index contributed by atoms with van der Waals surface area (Å²) < 4.78 is 0. The van der Waals surface area contributed by atoms with Crippen molar-refractivity contribution in [1.82, 2.24) is 0 Å². The molecule has 4 heteroatoms. The summed E-state index contributed by atoms with van der Waals surface area (Å²) in [5.41, 5.74) is 2.98. The van der Waals surface area contributed by atoms with E-state index in [2.05, 4.69) is 0 Å². The van der Waals surface area contributed by atoms with Crippen molar-refractivity contribution in [2.24, 2.45) is 0 Å². The summed E-state index contributed by atoms with van der Waals surface area (Å²) in [4.78, 5) is 27.4. The largest absolute Gasteiger partial charge is 0.507 e. The van der Waals surface area contributed by atoms with Gasteiger partial charge < -0.3 is 5.11 Å². The molecule has 1 N–H and O–H groups in total. The van der Waals surface area contributed by atoms with E-state index in [1.807, 2.05) is 61.5 Å². The molecule has 138 valence electrons. The Morgan fingerprint density at radius 1 is 0.857 bits per heavy atom. The third kappa shape index (κ3) is 2.99. The van der Waals surface area contributed by atoms with Gasteiger partial charge in [-0.05, 0) is 30.2 Å². The summed E-state index contributed by atoms with van der Waals surface area (Å²) in [7, 11) is 0. The third-order valence-corrected chi connectivity index (χ3v) is 4.89. The molecule has 3 aromatic rings. The van der Waals surface area contributed by atoms with Crippen LogP contribution >= 0.6 is 0 Å². The van der Waals surface area contributed by atoms with Crippen LogP contribution in [0, 0.1) is 6.92 Å². The number of anilines is 1. The minimum atomic E-state index is -0.691. The van der Waals surface area contributed by atoms with Crippen LogP contribution in [0.1, 0.15) is 22.7 Å². The highest BCUT2D eigenvalue weighted by Gasteiger charge is 2.46. The minimum absolute atomic E-state index is 0.101. The number of aliphatic hydroxyl groups is 1. The summed E-state index contributed by atoms with van der Waals surface area (Å²) >= 11 is 0. The monoisotopic (exact) mass is 369 g/mol. The van der Waals surface area contributed by atoms with Crippen LogP contribution in [0.25, 0.3) is 5.76 Å². The van der Waals surface area contributed by atoms with Gasteiger partial charge in [-0.15, -0.1) is 0 Å². The average molecular weight is 369 g/mol. The number of rotatable bonds is 3. The van der Waals surface area contributed by atoms with Gasteiger partial charge in [-0.25, -0.2) is 0 Å². The number of nitrogens with zero attached hydrogens (tertiary/aromatic N) is 1. The molecule has 0 aromatic heterocycles. The Kier molecular flexibility index (Phi) is 4.53. The lowest BCUT2D eigenvalue weighted by molar-refractivity contribution is -0.132. The summed E-state index contributed by atoms with van der Waals surface area (Å²) in [5, 5.41) is 10.9. The van der Waals surface area contributed by atoms with Gasteiger partial charge >= 0.3 is 0 Å². The lowest BCUT2D eigenvalue weighted by Gasteiger charge is -2.25. The number of amides is 1. The number of ketones is 1. The average Bonchev–Trinajstić information content (AvgIpc) is 3.00. The maximum atomic E-state index is 13.0. The van der Waals surface area contributed by atoms with Gasteiger partial charge in [0.05, 0.1) is 11.6 Å². The van der Waals surface area contributed by atoms with Crippen LogP contribution in [0.15, 0.2) is 90.5 Å². The van der Waals surface area contributed by atoms with Crippen LogP contribution in [-0.2, 0) is 9.59 Å². The highest BCUT2D eigenvalue weighted by molar-refractivity contribution is 6.51. The van der Waals surface area contributed by atoms with E-state index in [0.29, 0.717) is 11.3 Å². The molecule has 1 fully saturated rings. The SMILES string of the molecule is Cc1cccc(N2C(=O)C(=O)/C(=C(/O)c3ccccc3)C2c2ccccc2)c1. The first kappa shape index (κ1) is 17.7. The number of hydrogen-bond acceptors (Lipinski definition) is 3. The van der Waals surface area contributed by atoms with Crippen LogP contribution in [0.5, 0.6) is 0 Å². The number of aryl methyl sites for hydroxylation is 1. The van der Waals surface area contributed by atoms with Crippen molar-refractivity contribution < 1.29 is 14.7 Å². The molecule has 0 radical (unpaired) electrons. The molecule has 1 aliphatic rings. The second-order valence-electron chi connectivity index (χ2n) is 6.78. The molecule has 1 heterocycles. The molecule has 1 saturated heterocycles. The molecule has 0 spiro atoms. The number of aliphatic hydroxyl groups excluding tert-OH is 1. The van der Waals surface area contributed by atoms with Gasteiger partial charge in [-0.3, -0.25) is 14.5 Å². The van der Waals surface area contributed by atoms with Crippen LogP contribution < -0.4 is 4.90 Å². The predicted octanol–water partition coefficient (Wildman–Crippen LogP) is 4.62. The number of benzene rings is 3. The van der Waals surface area contributed by atoms with Crippen molar-refractivity contribution >= 4 is 23.1 Å². The number of carbonyl (C=O) groups is 2. The Bertz CT molecular complexity index is 1070. The van der Waals surface area contributed by atoms with Crippen molar-refractivity contribution in [1.29, 1.82) is 0 Å². The van der Waals surface area contributed by atoms with Crippen LogP contribution in [-0.4, -0.2) is 16.8 Å². The Morgan fingerprint density at radius 3 is 2.14 bits per heavy atom. The van der Waals surface area contributed by atoms with Crippen molar-refractivity contribution in [3.05, 3.63) is 107 Å². The number of carbonyl (C=O) groups excluding carboxylic acids is 2. The number of hydrogen-bond donors (Lipinski definition) is 1. The normalized spacial score (nSPS) is 18.5.